The molecule has 1 aliphatic rings. The Balaban J connectivity index is 1.63. The number of hydrogen-bond donors (Lipinski definition) is 2. The first kappa shape index (κ1) is 13.7. The van der Waals surface area contributed by atoms with Crippen molar-refractivity contribution < 1.29 is 4.79 Å². The summed E-state index contributed by atoms with van der Waals surface area (Å²) in [5.41, 5.74) is 4.76. The van der Waals surface area contributed by atoms with Crippen molar-refractivity contribution in [2.24, 2.45) is 0 Å². The fourth-order valence-corrected chi connectivity index (χ4v) is 2.56. The quantitative estimate of drug-likeness (QED) is 0.864. The van der Waals surface area contributed by atoms with Gasteiger partial charge < -0.3 is 10.6 Å². The van der Waals surface area contributed by atoms with Crippen LogP contribution in [0.1, 0.15) is 36.8 Å². The number of carbonyl (C=O) groups excluding carboxylic acids is 1. The highest BCUT2D eigenvalue weighted by Gasteiger charge is 2.25. The van der Waals surface area contributed by atoms with Crippen LogP contribution < -0.4 is 10.6 Å². The van der Waals surface area contributed by atoms with E-state index in [1.807, 2.05) is 24.3 Å². The second kappa shape index (κ2) is 6.00. The van der Waals surface area contributed by atoms with Gasteiger partial charge in [-0.25, -0.2) is 0 Å². The average molecular weight is 280 g/mol. The number of carbonyl (C=O) groups is 1. The molecule has 0 bridgehead atoms. The standard InChI is InChI=1S/C18H20N2O/c1-13(21)20-17-10-8-16(9-11-17)19-12-15-4-2-3-5-18(15)14-6-7-14/h2-5,8-11,14,19H,6-7,12H2,1H3,(H,20,21). The van der Waals surface area contributed by atoms with Crippen LogP contribution in [0.4, 0.5) is 11.4 Å². The summed E-state index contributed by atoms with van der Waals surface area (Å²) in [7, 11) is 0. The lowest BCUT2D eigenvalue weighted by atomic mass is 10.0. The Labute approximate surface area is 125 Å². The third-order valence-corrected chi connectivity index (χ3v) is 3.76. The van der Waals surface area contributed by atoms with E-state index < -0.39 is 0 Å². The Morgan fingerprint density at radius 2 is 1.71 bits per heavy atom. The Morgan fingerprint density at radius 1 is 1.05 bits per heavy atom. The summed E-state index contributed by atoms with van der Waals surface area (Å²) in [5, 5.41) is 6.22. The van der Waals surface area contributed by atoms with Gasteiger partial charge in [-0.3, -0.25) is 4.79 Å². The normalized spacial score (nSPS) is 13.8. The zero-order valence-electron chi connectivity index (χ0n) is 12.2. The summed E-state index contributed by atoms with van der Waals surface area (Å²) in [6.45, 7) is 2.35. The maximum absolute atomic E-state index is 11.0. The third kappa shape index (κ3) is 3.63. The van der Waals surface area contributed by atoms with E-state index in [1.54, 1.807) is 0 Å². The number of hydrogen-bond acceptors (Lipinski definition) is 2. The van der Waals surface area contributed by atoms with Gasteiger partial charge in [-0.1, -0.05) is 24.3 Å². The van der Waals surface area contributed by atoms with Crippen LogP contribution in [0, 0.1) is 0 Å². The molecule has 3 nitrogen and oxygen atoms in total. The van der Waals surface area contributed by atoms with Crippen LogP contribution in [0.3, 0.4) is 0 Å². The number of amides is 1. The summed E-state index contributed by atoms with van der Waals surface area (Å²) in [6.07, 6.45) is 2.64. The molecule has 1 saturated carbocycles. The summed E-state index contributed by atoms with van der Waals surface area (Å²) in [4.78, 5) is 11.0. The maximum Gasteiger partial charge on any atom is 0.221 e. The van der Waals surface area contributed by atoms with Gasteiger partial charge in [0.25, 0.3) is 0 Å². The van der Waals surface area contributed by atoms with E-state index in [4.69, 9.17) is 0 Å². The van der Waals surface area contributed by atoms with Gasteiger partial charge in [0, 0.05) is 24.8 Å². The second-order valence-corrected chi connectivity index (χ2v) is 5.59. The molecule has 0 spiro atoms. The number of anilines is 2. The SMILES string of the molecule is CC(=O)Nc1ccc(NCc2ccccc2C2CC2)cc1. The molecule has 3 rings (SSSR count). The lowest BCUT2D eigenvalue weighted by Crippen LogP contribution is -2.06. The van der Waals surface area contributed by atoms with Crippen LogP contribution in [0.2, 0.25) is 0 Å². The molecule has 1 amide bonds. The molecule has 0 heterocycles. The second-order valence-electron chi connectivity index (χ2n) is 5.59. The highest BCUT2D eigenvalue weighted by Crippen LogP contribution is 2.41. The largest absolute Gasteiger partial charge is 0.381 e. The van der Waals surface area contributed by atoms with E-state index in [1.165, 1.54) is 30.9 Å². The minimum absolute atomic E-state index is 0.0472. The Morgan fingerprint density at radius 3 is 2.38 bits per heavy atom. The first-order valence-corrected chi connectivity index (χ1v) is 7.42. The molecule has 0 saturated heterocycles. The highest BCUT2D eigenvalue weighted by molar-refractivity contribution is 5.88. The van der Waals surface area contributed by atoms with Gasteiger partial charge >= 0.3 is 0 Å². The molecule has 21 heavy (non-hydrogen) atoms. The van der Waals surface area contributed by atoms with Gasteiger partial charge in [0.05, 0.1) is 0 Å². The summed E-state index contributed by atoms with van der Waals surface area (Å²) in [5.74, 6) is 0.721. The maximum atomic E-state index is 11.0. The van der Waals surface area contributed by atoms with Crippen LogP contribution in [0.15, 0.2) is 48.5 Å². The van der Waals surface area contributed by atoms with Gasteiger partial charge in [-0.05, 0) is 54.2 Å². The predicted molar refractivity (Wildman–Crippen MR) is 86.5 cm³/mol. The molecule has 0 aliphatic heterocycles. The van der Waals surface area contributed by atoms with Crippen LogP contribution in [-0.4, -0.2) is 5.91 Å². The zero-order chi connectivity index (χ0) is 14.7. The van der Waals surface area contributed by atoms with Gasteiger partial charge in [-0.2, -0.15) is 0 Å². The van der Waals surface area contributed by atoms with Crippen molar-refractivity contribution in [2.75, 3.05) is 10.6 Å². The van der Waals surface area contributed by atoms with Crippen LogP contribution in [0.25, 0.3) is 0 Å². The molecule has 0 unspecified atom stereocenters. The summed E-state index contributed by atoms with van der Waals surface area (Å²) >= 11 is 0. The molecule has 2 aromatic carbocycles. The molecule has 0 aromatic heterocycles. The monoisotopic (exact) mass is 280 g/mol. The molecule has 1 aliphatic carbocycles. The highest BCUT2D eigenvalue weighted by atomic mass is 16.1. The molecule has 108 valence electrons. The van der Waals surface area contributed by atoms with Crippen molar-refractivity contribution in [3.05, 3.63) is 59.7 Å². The fraction of sp³-hybridized carbons (Fsp3) is 0.278. The van der Waals surface area contributed by atoms with Crippen molar-refractivity contribution >= 4 is 17.3 Å². The van der Waals surface area contributed by atoms with E-state index in [0.29, 0.717) is 0 Å². The van der Waals surface area contributed by atoms with E-state index in [-0.39, 0.29) is 5.91 Å². The molecule has 0 radical (unpaired) electrons. The Bertz CT molecular complexity index is 630. The van der Waals surface area contributed by atoms with Gasteiger partial charge in [0.1, 0.15) is 0 Å². The molecular formula is C18H20N2O. The summed E-state index contributed by atoms with van der Waals surface area (Å²) in [6, 6.07) is 16.5. The Hall–Kier alpha value is -2.29. The molecular weight excluding hydrogens is 260 g/mol. The lowest BCUT2D eigenvalue weighted by Gasteiger charge is -2.11. The molecule has 3 heteroatoms. The van der Waals surface area contributed by atoms with Crippen molar-refractivity contribution in [1.29, 1.82) is 0 Å². The lowest BCUT2D eigenvalue weighted by molar-refractivity contribution is -0.114. The van der Waals surface area contributed by atoms with Crippen LogP contribution in [-0.2, 0) is 11.3 Å². The number of nitrogens with one attached hydrogen (secondary N) is 2. The Kier molecular flexibility index (Phi) is 3.91. The van der Waals surface area contributed by atoms with Crippen LogP contribution >= 0.6 is 0 Å². The van der Waals surface area contributed by atoms with Gasteiger partial charge in [0.15, 0.2) is 0 Å². The molecule has 0 atom stereocenters. The van der Waals surface area contributed by atoms with Crippen molar-refractivity contribution in [1.82, 2.24) is 0 Å². The summed E-state index contributed by atoms with van der Waals surface area (Å²) < 4.78 is 0. The van der Waals surface area contributed by atoms with E-state index in [9.17, 15) is 4.79 Å². The van der Waals surface area contributed by atoms with E-state index >= 15 is 0 Å². The first-order valence-electron chi connectivity index (χ1n) is 7.42. The third-order valence-electron chi connectivity index (χ3n) is 3.76. The average Bonchev–Trinajstić information content (AvgIpc) is 3.31. The van der Waals surface area contributed by atoms with Gasteiger partial charge in [0.2, 0.25) is 5.91 Å². The number of rotatable bonds is 5. The fourth-order valence-electron chi connectivity index (χ4n) is 2.56. The van der Waals surface area contributed by atoms with Crippen molar-refractivity contribution in [3.8, 4) is 0 Å². The first-order chi connectivity index (χ1) is 10.2. The zero-order valence-corrected chi connectivity index (χ0v) is 12.2. The topological polar surface area (TPSA) is 41.1 Å². The molecule has 2 aromatic rings. The smallest absolute Gasteiger partial charge is 0.221 e. The van der Waals surface area contributed by atoms with Crippen LogP contribution in [0.5, 0.6) is 0 Å². The molecule has 2 N–H and O–H groups in total. The van der Waals surface area contributed by atoms with Crippen molar-refractivity contribution in [3.63, 3.8) is 0 Å². The minimum Gasteiger partial charge on any atom is -0.381 e. The number of benzene rings is 2. The predicted octanol–water partition coefficient (Wildman–Crippen LogP) is 4.13. The van der Waals surface area contributed by atoms with E-state index in [0.717, 1.165) is 23.8 Å². The van der Waals surface area contributed by atoms with Crippen molar-refractivity contribution in [2.45, 2.75) is 32.2 Å². The van der Waals surface area contributed by atoms with E-state index in [2.05, 4.69) is 34.9 Å². The van der Waals surface area contributed by atoms with Gasteiger partial charge in [-0.15, -0.1) is 0 Å². The minimum atomic E-state index is -0.0472. The molecule has 1 fully saturated rings.